The number of aliphatic carboxylic acids is 1. The molecule has 0 bridgehead atoms. The predicted octanol–water partition coefficient (Wildman–Crippen LogP) is 1.68. The number of benzene rings is 2. The molecule has 2 aromatic carbocycles. The van der Waals surface area contributed by atoms with E-state index in [9.17, 15) is 14.7 Å². The molecule has 1 atom stereocenters. The Morgan fingerprint density at radius 2 is 1.80 bits per heavy atom. The van der Waals surface area contributed by atoms with Crippen LogP contribution in [0.15, 0.2) is 42.5 Å². The molecule has 0 spiro atoms. The first kappa shape index (κ1) is 12.6. The molecule has 20 heavy (non-hydrogen) atoms. The number of carbonyl (C=O) groups excluding carboxylic acids is 2. The Labute approximate surface area is 116 Å². The largest absolute Gasteiger partial charge is 0.550 e. The lowest BCUT2D eigenvalue weighted by Gasteiger charge is -2.21. The third kappa shape index (κ3) is 1.92. The van der Waals surface area contributed by atoms with Crippen LogP contribution < -0.4 is 5.11 Å². The quantitative estimate of drug-likeness (QED) is 0.708. The molecule has 0 aliphatic heterocycles. The highest BCUT2D eigenvalue weighted by molar-refractivity contribution is 6.12. The van der Waals surface area contributed by atoms with E-state index in [2.05, 4.69) is 0 Å². The van der Waals surface area contributed by atoms with Gasteiger partial charge < -0.3 is 9.90 Å². The van der Waals surface area contributed by atoms with Gasteiger partial charge in [-0.2, -0.15) is 0 Å². The average Bonchev–Trinajstić information content (AvgIpc) is 2.46. The van der Waals surface area contributed by atoms with Gasteiger partial charge in [-0.25, -0.2) is 0 Å². The second-order valence-corrected chi connectivity index (χ2v) is 5.12. The van der Waals surface area contributed by atoms with E-state index < -0.39 is 11.9 Å². The lowest BCUT2D eigenvalue weighted by Crippen LogP contribution is -2.28. The minimum absolute atomic E-state index is 0.0331. The maximum atomic E-state index is 12.5. The third-order valence-electron chi connectivity index (χ3n) is 3.87. The topological polar surface area (TPSA) is 57.2 Å². The Kier molecular flexibility index (Phi) is 2.90. The van der Waals surface area contributed by atoms with Gasteiger partial charge in [0.05, 0.1) is 0 Å². The summed E-state index contributed by atoms with van der Waals surface area (Å²) in [6, 6.07) is 12.8. The monoisotopic (exact) mass is 265 g/mol. The summed E-state index contributed by atoms with van der Waals surface area (Å²) >= 11 is 0. The van der Waals surface area contributed by atoms with Crippen molar-refractivity contribution in [3.63, 3.8) is 0 Å². The summed E-state index contributed by atoms with van der Waals surface area (Å²) < 4.78 is 0. The molecular formula is C17H13O3-. The third-order valence-corrected chi connectivity index (χ3v) is 3.87. The number of hydrogen-bond acceptors (Lipinski definition) is 3. The molecule has 0 N–H and O–H groups in total. The van der Waals surface area contributed by atoms with Crippen LogP contribution in [0.3, 0.4) is 0 Å². The van der Waals surface area contributed by atoms with Crippen LogP contribution >= 0.6 is 0 Å². The maximum Gasteiger partial charge on any atom is 0.193 e. The Morgan fingerprint density at radius 1 is 1.10 bits per heavy atom. The van der Waals surface area contributed by atoms with Gasteiger partial charge in [-0.1, -0.05) is 43.3 Å². The van der Waals surface area contributed by atoms with Gasteiger partial charge in [0.15, 0.2) is 5.78 Å². The van der Waals surface area contributed by atoms with Gasteiger partial charge in [-0.3, -0.25) is 4.79 Å². The van der Waals surface area contributed by atoms with Crippen LogP contribution in [0.1, 0.15) is 45.5 Å². The summed E-state index contributed by atoms with van der Waals surface area (Å²) in [6.07, 6.45) is 0.706. The Balaban J connectivity index is 2.08. The fourth-order valence-corrected chi connectivity index (χ4v) is 2.61. The van der Waals surface area contributed by atoms with Crippen LogP contribution in [0.2, 0.25) is 0 Å². The molecule has 0 amide bonds. The van der Waals surface area contributed by atoms with E-state index >= 15 is 0 Å². The molecule has 0 saturated heterocycles. The number of ketones is 1. The van der Waals surface area contributed by atoms with Crippen molar-refractivity contribution in [3.05, 3.63) is 70.3 Å². The summed E-state index contributed by atoms with van der Waals surface area (Å²) in [7, 11) is 0. The van der Waals surface area contributed by atoms with Crippen LogP contribution in [0.25, 0.3) is 0 Å². The second kappa shape index (κ2) is 4.60. The fourth-order valence-electron chi connectivity index (χ4n) is 2.61. The van der Waals surface area contributed by atoms with E-state index in [-0.39, 0.29) is 5.78 Å². The number of fused-ring (bicyclic) bond motifs is 2. The molecule has 0 heterocycles. The van der Waals surface area contributed by atoms with E-state index in [0.717, 1.165) is 11.1 Å². The van der Waals surface area contributed by atoms with E-state index in [0.29, 0.717) is 23.1 Å². The van der Waals surface area contributed by atoms with Gasteiger partial charge in [0.1, 0.15) is 0 Å². The van der Waals surface area contributed by atoms with E-state index in [1.807, 2.05) is 30.3 Å². The van der Waals surface area contributed by atoms with Crippen molar-refractivity contribution < 1.29 is 14.7 Å². The summed E-state index contributed by atoms with van der Waals surface area (Å²) in [5.41, 5.74) is 3.89. The van der Waals surface area contributed by atoms with Crippen molar-refractivity contribution >= 4 is 11.8 Å². The van der Waals surface area contributed by atoms with Crippen molar-refractivity contribution in [2.24, 2.45) is 0 Å². The molecular weight excluding hydrogens is 252 g/mol. The van der Waals surface area contributed by atoms with Gasteiger partial charge >= 0.3 is 0 Å². The summed E-state index contributed by atoms with van der Waals surface area (Å²) in [4.78, 5) is 23.4. The van der Waals surface area contributed by atoms with Crippen LogP contribution in [-0.2, 0) is 11.2 Å². The minimum Gasteiger partial charge on any atom is -0.550 e. The lowest BCUT2D eigenvalue weighted by molar-refractivity contribution is -0.307. The molecule has 3 heteroatoms. The SMILES string of the molecule is CC(C(=O)[O-])c1ccc2c(c1)C(=O)c1ccccc1C2. The summed E-state index contributed by atoms with van der Waals surface area (Å²) in [6.45, 7) is 1.57. The molecule has 3 rings (SSSR count). The molecule has 1 aliphatic carbocycles. The molecule has 1 aliphatic rings. The summed E-state index contributed by atoms with van der Waals surface area (Å²) in [5.74, 6) is -1.88. The standard InChI is InChI=1S/C17H14O3/c1-10(17(19)20)11-6-7-13-8-12-4-2-3-5-14(12)16(18)15(13)9-11/h2-7,9-10H,8H2,1H3,(H,19,20)/p-1. The number of hydrogen-bond donors (Lipinski definition) is 0. The number of carboxylic acids is 1. The van der Waals surface area contributed by atoms with Gasteiger partial charge in [0.2, 0.25) is 0 Å². The van der Waals surface area contributed by atoms with Crippen molar-refractivity contribution in [1.82, 2.24) is 0 Å². The molecule has 3 nitrogen and oxygen atoms in total. The molecule has 0 saturated carbocycles. The first-order valence-corrected chi connectivity index (χ1v) is 6.54. The smallest absolute Gasteiger partial charge is 0.193 e. The first-order valence-electron chi connectivity index (χ1n) is 6.54. The van der Waals surface area contributed by atoms with Gasteiger partial charge in [0, 0.05) is 23.0 Å². The van der Waals surface area contributed by atoms with Gasteiger partial charge in [0.25, 0.3) is 0 Å². The van der Waals surface area contributed by atoms with Crippen LogP contribution in [0, 0.1) is 0 Å². The summed E-state index contributed by atoms with van der Waals surface area (Å²) in [5, 5.41) is 11.0. The minimum atomic E-state index is -1.13. The van der Waals surface area contributed by atoms with Crippen molar-refractivity contribution in [2.75, 3.05) is 0 Å². The molecule has 0 fully saturated rings. The van der Waals surface area contributed by atoms with Crippen LogP contribution in [0.4, 0.5) is 0 Å². The zero-order valence-electron chi connectivity index (χ0n) is 11.1. The van der Waals surface area contributed by atoms with E-state index in [4.69, 9.17) is 0 Å². The zero-order valence-corrected chi connectivity index (χ0v) is 11.1. The van der Waals surface area contributed by atoms with E-state index in [1.54, 1.807) is 19.1 Å². The number of rotatable bonds is 2. The van der Waals surface area contributed by atoms with Crippen molar-refractivity contribution in [3.8, 4) is 0 Å². The van der Waals surface area contributed by atoms with Crippen LogP contribution in [-0.4, -0.2) is 11.8 Å². The molecule has 1 unspecified atom stereocenters. The highest BCUT2D eigenvalue weighted by Gasteiger charge is 2.23. The normalized spacial score (nSPS) is 14.3. The maximum absolute atomic E-state index is 12.5. The highest BCUT2D eigenvalue weighted by Crippen LogP contribution is 2.29. The average molecular weight is 265 g/mol. The van der Waals surface area contributed by atoms with Crippen LogP contribution in [0.5, 0.6) is 0 Å². The Bertz CT molecular complexity index is 716. The van der Waals surface area contributed by atoms with E-state index in [1.165, 1.54) is 0 Å². The Morgan fingerprint density at radius 3 is 2.55 bits per heavy atom. The zero-order chi connectivity index (χ0) is 14.3. The van der Waals surface area contributed by atoms with Gasteiger partial charge in [-0.15, -0.1) is 0 Å². The van der Waals surface area contributed by atoms with Crippen molar-refractivity contribution in [2.45, 2.75) is 19.3 Å². The highest BCUT2D eigenvalue weighted by atomic mass is 16.4. The predicted molar refractivity (Wildman–Crippen MR) is 72.5 cm³/mol. The van der Waals surface area contributed by atoms with Gasteiger partial charge in [-0.05, 0) is 29.2 Å². The lowest BCUT2D eigenvalue weighted by atomic mass is 9.83. The number of carbonyl (C=O) groups is 2. The molecule has 0 aromatic heterocycles. The first-order chi connectivity index (χ1) is 9.58. The molecule has 100 valence electrons. The Hall–Kier alpha value is -2.42. The second-order valence-electron chi connectivity index (χ2n) is 5.12. The molecule has 2 aromatic rings. The number of carboxylic acid groups (broad SMARTS) is 1. The van der Waals surface area contributed by atoms with Crippen molar-refractivity contribution in [1.29, 1.82) is 0 Å². The fraction of sp³-hybridized carbons (Fsp3) is 0.176. The molecule has 0 radical (unpaired) electrons.